The third kappa shape index (κ3) is 3.93. The van der Waals surface area contributed by atoms with Crippen molar-refractivity contribution < 1.29 is 8.78 Å². The number of rotatable bonds is 5. The normalized spacial score (nSPS) is 10.7. The maximum atomic E-state index is 14.1. The summed E-state index contributed by atoms with van der Waals surface area (Å²) in [5, 5.41) is 0.597. The van der Waals surface area contributed by atoms with Crippen molar-refractivity contribution in [1.29, 1.82) is 0 Å². The molecule has 112 valence electrons. The second-order valence-corrected chi connectivity index (χ2v) is 5.37. The van der Waals surface area contributed by atoms with Gasteiger partial charge in [-0.05, 0) is 48.4 Å². The number of hydrogen-bond acceptors (Lipinski definition) is 2. The average molecular weight is 311 g/mol. The summed E-state index contributed by atoms with van der Waals surface area (Å²) in [6.45, 7) is 0.723. The zero-order chi connectivity index (χ0) is 15.4. The molecule has 0 saturated heterocycles. The summed E-state index contributed by atoms with van der Waals surface area (Å²) in [4.78, 5) is 1.53. The van der Waals surface area contributed by atoms with Gasteiger partial charge in [0.1, 0.15) is 17.3 Å². The molecule has 0 aromatic heterocycles. The fourth-order valence-corrected chi connectivity index (χ4v) is 2.49. The molecule has 0 amide bonds. The van der Waals surface area contributed by atoms with Crippen LogP contribution >= 0.6 is 11.6 Å². The van der Waals surface area contributed by atoms with Gasteiger partial charge in [0.2, 0.25) is 0 Å². The summed E-state index contributed by atoms with van der Waals surface area (Å²) in [5.74, 6) is -1.16. The van der Waals surface area contributed by atoms with E-state index in [0.29, 0.717) is 30.1 Å². The lowest BCUT2D eigenvalue weighted by atomic mass is 10.1. The highest BCUT2D eigenvalue weighted by molar-refractivity contribution is 6.30. The van der Waals surface area contributed by atoms with Crippen molar-refractivity contribution in [2.75, 3.05) is 18.5 Å². The van der Waals surface area contributed by atoms with E-state index in [-0.39, 0.29) is 5.69 Å². The first-order valence-electron chi connectivity index (χ1n) is 6.65. The molecule has 0 bridgehead atoms. The fraction of sp³-hybridized carbons (Fsp3) is 0.250. The Morgan fingerprint density at radius 3 is 2.33 bits per heavy atom. The third-order valence-corrected chi connectivity index (χ3v) is 3.44. The first-order valence-corrected chi connectivity index (χ1v) is 7.02. The summed E-state index contributed by atoms with van der Waals surface area (Å²) in [6, 6.07) is 9.87. The van der Waals surface area contributed by atoms with Crippen molar-refractivity contribution in [1.82, 2.24) is 0 Å². The molecular weight excluding hydrogens is 294 g/mol. The summed E-state index contributed by atoms with van der Waals surface area (Å²) >= 11 is 5.91. The van der Waals surface area contributed by atoms with Gasteiger partial charge in [-0.25, -0.2) is 8.78 Å². The summed E-state index contributed by atoms with van der Waals surface area (Å²) in [6.07, 6.45) is 0.451. The highest BCUT2D eigenvalue weighted by Gasteiger charge is 2.15. The number of nitrogens with zero attached hydrogens (tertiary/aromatic N) is 1. The van der Waals surface area contributed by atoms with Crippen LogP contribution in [0, 0.1) is 11.6 Å². The molecule has 5 heteroatoms. The largest absolute Gasteiger partial charge is 0.366 e. The van der Waals surface area contributed by atoms with Crippen LogP contribution in [0.3, 0.4) is 0 Å². The highest BCUT2D eigenvalue weighted by atomic mass is 35.5. The van der Waals surface area contributed by atoms with Crippen molar-refractivity contribution in [3.8, 4) is 0 Å². The van der Waals surface area contributed by atoms with Gasteiger partial charge in [0.25, 0.3) is 0 Å². The Hall–Kier alpha value is -1.65. The van der Waals surface area contributed by atoms with Crippen LogP contribution in [0.2, 0.25) is 5.02 Å². The molecule has 0 fully saturated rings. The van der Waals surface area contributed by atoms with Crippen molar-refractivity contribution in [2.45, 2.75) is 13.0 Å². The van der Waals surface area contributed by atoms with Crippen molar-refractivity contribution in [3.63, 3.8) is 0 Å². The Balaban J connectivity index is 2.24. The Bertz CT molecular complexity index is 608. The van der Waals surface area contributed by atoms with E-state index in [4.69, 9.17) is 17.3 Å². The topological polar surface area (TPSA) is 29.3 Å². The van der Waals surface area contributed by atoms with Crippen molar-refractivity contribution in [3.05, 3.63) is 64.2 Å². The lowest BCUT2D eigenvalue weighted by molar-refractivity contribution is 0.573. The minimum absolute atomic E-state index is 0.0456. The van der Waals surface area contributed by atoms with E-state index < -0.39 is 11.6 Å². The maximum Gasteiger partial charge on any atom is 0.149 e. The maximum absolute atomic E-state index is 14.1. The Morgan fingerprint density at radius 1 is 1.10 bits per heavy atom. The van der Waals surface area contributed by atoms with Crippen molar-refractivity contribution in [2.24, 2.45) is 5.73 Å². The van der Waals surface area contributed by atoms with Gasteiger partial charge < -0.3 is 10.6 Å². The zero-order valence-corrected chi connectivity index (χ0v) is 12.5. The third-order valence-electron chi connectivity index (χ3n) is 3.20. The van der Waals surface area contributed by atoms with E-state index in [2.05, 4.69) is 0 Å². The molecule has 2 aromatic carbocycles. The van der Waals surface area contributed by atoms with E-state index in [0.717, 1.165) is 5.56 Å². The molecule has 0 unspecified atom stereocenters. The first-order chi connectivity index (χ1) is 10.0. The second kappa shape index (κ2) is 6.87. The molecule has 0 aliphatic heterocycles. The van der Waals surface area contributed by atoms with E-state index in [1.165, 1.54) is 17.0 Å². The van der Waals surface area contributed by atoms with Gasteiger partial charge in [-0.3, -0.25) is 0 Å². The Labute approximate surface area is 128 Å². The monoisotopic (exact) mass is 310 g/mol. The van der Waals surface area contributed by atoms with Gasteiger partial charge >= 0.3 is 0 Å². The van der Waals surface area contributed by atoms with Gasteiger partial charge in [0.15, 0.2) is 0 Å². The minimum Gasteiger partial charge on any atom is -0.366 e. The molecule has 2 nitrogen and oxygen atoms in total. The minimum atomic E-state index is -0.581. The van der Waals surface area contributed by atoms with E-state index in [9.17, 15) is 8.78 Å². The Morgan fingerprint density at radius 2 is 1.76 bits per heavy atom. The number of hydrogen-bond donors (Lipinski definition) is 1. The van der Waals surface area contributed by atoms with Crippen LogP contribution in [0.25, 0.3) is 0 Å². The van der Waals surface area contributed by atoms with Gasteiger partial charge in [0.05, 0.1) is 0 Å². The lowest BCUT2D eigenvalue weighted by Crippen LogP contribution is -2.19. The predicted octanol–water partition coefficient (Wildman–Crippen LogP) is 3.76. The van der Waals surface area contributed by atoms with Crippen LogP contribution in [-0.2, 0) is 13.0 Å². The molecule has 0 radical (unpaired) electrons. The summed E-state index contributed by atoms with van der Waals surface area (Å²) < 4.78 is 28.2. The van der Waals surface area contributed by atoms with Crippen LogP contribution < -0.4 is 10.6 Å². The molecule has 0 atom stereocenters. The molecule has 0 aliphatic carbocycles. The zero-order valence-electron chi connectivity index (χ0n) is 11.7. The molecule has 2 N–H and O–H groups in total. The van der Waals surface area contributed by atoms with Crippen LogP contribution in [0.4, 0.5) is 14.5 Å². The van der Waals surface area contributed by atoms with Crippen molar-refractivity contribution >= 4 is 17.3 Å². The number of anilines is 1. The molecular formula is C16H17ClF2N2. The van der Waals surface area contributed by atoms with Gasteiger partial charge in [-0.2, -0.15) is 0 Å². The number of benzene rings is 2. The quantitative estimate of drug-likeness (QED) is 0.911. The molecule has 21 heavy (non-hydrogen) atoms. The molecule has 0 spiro atoms. The van der Waals surface area contributed by atoms with Crippen LogP contribution in [0.1, 0.15) is 11.1 Å². The molecule has 2 aromatic rings. The van der Waals surface area contributed by atoms with E-state index in [1.807, 2.05) is 12.1 Å². The molecule has 0 saturated carbocycles. The molecule has 2 rings (SSSR count). The van der Waals surface area contributed by atoms with Gasteiger partial charge in [0, 0.05) is 18.6 Å². The van der Waals surface area contributed by atoms with E-state index in [1.54, 1.807) is 19.2 Å². The van der Waals surface area contributed by atoms with Crippen LogP contribution in [0.15, 0.2) is 36.4 Å². The lowest BCUT2D eigenvalue weighted by Gasteiger charge is -2.21. The fourth-order valence-electron chi connectivity index (χ4n) is 2.28. The SMILES string of the molecule is CN(Cc1cccc(Cl)c1)c1c(F)cc(CCN)cc1F. The number of nitrogens with two attached hydrogens (primary N) is 1. The van der Waals surface area contributed by atoms with Crippen LogP contribution in [0.5, 0.6) is 0 Å². The first kappa shape index (κ1) is 15.7. The average Bonchev–Trinajstić information content (AvgIpc) is 2.38. The highest BCUT2D eigenvalue weighted by Crippen LogP contribution is 2.26. The number of halogens is 3. The standard InChI is InChI=1S/C16H17ClF2N2/c1-21(10-12-3-2-4-13(17)7-12)16-14(18)8-11(5-6-20)9-15(16)19/h2-4,7-9H,5-6,10,20H2,1H3. The summed E-state index contributed by atoms with van der Waals surface area (Å²) in [5.41, 5.74) is 6.81. The second-order valence-electron chi connectivity index (χ2n) is 4.93. The predicted molar refractivity (Wildman–Crippen MR) is 82.7 cm³/mol. The smallest absolute Gasteiger partial charge is 0.149 e. The van der Waals surface area contributed by atoms with Gasteiger partial charge in [-0.15, -0.1) is 0 Å². The Kier molecular flexibility index (Phi) is 5.15. The molecule has 0 aliphatic rings. The van der Waals surface area contributed by atoms with Crippen LogP contribution in [-0.4, -0.2) is 13.6 Å². The van der Waals surface area contributed by atoms with E-state index >= 15 is 0 Å². The van der Waals surface area contributed by atoms with Gasteiger partial charge in [-0.1, -0.05) is 23.7 Å². The summed E-state index contributed by atoms with van der Waals surface area (Å²) in [7, 11) is 1.64. The molecule has 0 heterocycles.